The van der Waals surface area contributed by atoms with E-state index in [1.54, 1.807) is 12.3 Å². The summed E-state index contributed by atoms with van der Waals surface area (Å²) in [6.07, 6.45) is 9.56. The van der Waals surface area contributed by atoms with Crippen molar-refractivity contribution < 1.29 is 14.3 Å². The number of hydrogen-bond acceptors (Lipinski definition) is 6. The van der Waals surface area contributed by atoms with E-state index in [-0.39, 0.29) is 23.7 Å². The van der Waals surface area contributed by atoms with E-state index in [0.29, 0.717) is 5.17 Å². The van der Waals surface area contributed by atoms with Gasteiger partial charge in [-0.2, -0.15) is 0 Å². The number of hydrogen-bond donors (Lipinski definition) is 2. The molecule has 0 spiro atoms. The number of amidine groups is 1. The van der Waals surface area contributed by atoms with Gasteiger partial charge >= 0.3 is 5.97 Å². The maximum absolute atomic E-state index is 13.0. The van der Waals surface area contributed by atoms with E-state index < -0.39 is 11.6 Å². The Labute approximate surface area is 240 Å². The van der Waals surface area contributed by atoms with Gasteiger partial charge in [0.25, 0.3) is 0 Å². The number of benzene rings is 2. The molecule has 2 aromatic carbocycles. The molecule has 1 saturated carbocycles. The number of amides is 1. The highest BCUT2D eigenvalue weighted by atomic mass is 32.2. The van der Waals surface area contributed by atoms with Gasteiger partial charge in [-0.1, -0.05) is 81.6 Å². The molecule has 0 saturated heterocycles. The molecule has 7 nitrogen and oxygen atoms in total. The highest BCUT2D eigenvalue weighted by Crippen LogP contribution is 2.30. The third-order valence-corrected chi connectivity index (χ3v) is 8.01. The van der Waals surface area contributed by atoms with Crippen molar-refractivity contribution in [1.29, 1.82) is 0 Å². The van der Waals surface area contributed by atoms with Crippen LogP contribution in [0.5, 0.6) is 0 Å². The first-order chi connectivity index (χ1) is 19.4. The fourth-order valence-corrected chi connectivity index (χ4v) is 5.59. The highest BCUT2D eigenvalue weighted by molar-refractivity contribution is 8.14. The lowest BCUT2D eigenvalue weighted by atomic mass is 9.89. The summed E-state index contributed by atoms with van der Waals surface area (Å²) < 4.78 is 6.05. The van der Waals surface area contributed by atoms with Crippen molar-refractivity contribution >= 4 is 51.5 Å². The van der Waals surface area contributed by atoms with Gasteiger partial charge in [0.05, 0.1) is 17.1 Å². The molecule has 2 unspecified atom stereocenters. The molecule has 40 heavy (non-hydrogen) atoms. The third-order valence-electron chi connectivity index (χ3n) is 6.71. The molecular formula is C32H38N4O3S. The second-order valence-corrected chi connectivity index (χ2v) is 11.5. The minimum absolute atomic E-state index is 0.0409. The van der Waals surface area contributed by atoms with Crippen molar-refractivity contribution in [2.24, 2.45) is 16.8 Å². The molecule has 1 amide bonds. The van der Waals surface area contributed by atoms with Gasteiger partial charge in [-0.05, 0) is 55.3 Å². The number of aromatic nitrogens is 1. The number of esters is 1. The zero-order valence-electron chi connectivity index (χ0n) is 23.4. The number of carbonyl (C=O) groups is 2. The standard InChI is InChI=1S/C32H38N4O3S/c1-22(2)31(39-30(38)26-14-8-5-9-15-26)40-32(36-27-18-10-16-25-17-11-21-33-29(25)27)35-23(3)34-28(37)20-19-24-12-6-4-7-13-24/h4,6-7,10-13,16-23,26,31H,5,8-9,14-15H2,1-3H3,(H,34,37)(H,35,36)/b20-19+. The number of fused-ring (bicyclic) bond motifs is 1. The van der Waals surface area contributed by atoms with Crippen LogP contribution in [-0.4, -0.2) is 33.6 Å². The van der Waals surface area contributed by atoms with Crippen molar-refractivity contribution in [3.05, 3.63) is 78.5 Å². The predicted octanol–water partition coefficient (Wildman–Crippen LogP) is 7.02. The number of thioether (sulfide) groups is 1. The third kappa shape index (κ3) is 8.68. The SMILES string of the molecule is CC(N=C(Nc1cccc2cccnc12)SC(OC(=O)C1CCCCC1)C(C)C)NC(=O)/C=C/c1ccccc1. The zero-order valence-corrected chi connectivity index (χ0v) is 24.2. The van der Waals surface area contributed by atoms with E-state index in [1.807, 2.05) is 81.4 Å². The molecular weight excluding hydrogens is 520 g/mol. The van der Waals surface area contributed by atoms with E-state index in [0.717, 1.165) is 47.8 Å². The van der Waals surface area contributed by atoms with Crippen LogP contribution in [0.1, 0.15) is 58.4 Å². The van der Waals surface area contributed by atoms with E-state index in [2.05, 4.69) is 15.6 Å². The molecule has 0 radical (unpaired) electrons. The number of nitrogens with one attached hydrogen (secondary N) is 2. The summed E-state index contributed by atoms with van der Waals surface area (Å²) in [4.78, 5) is 35.0. The lowest BCUT2D eigenvalue weighted by Crippen LogP contribution is -2.32. The zero-order chi connectivity index (χ0) is 28.3. The maximum atomic E-state index is 13.0. The average Bonchev–Trinajstić information content (AvgIpc) is 2.96. The Kier molecular flexibility index (Phi) is 10.7. The minimum atomic E-state index is -0.535. The van der Waals surface area contributed by atoms with Gasteiger partial charge in [0.2, 0.25) is 5.91 Å². The largest absolute Gasteiger partial charge is 0.450 e. The lowest BCUT2D eigenvalue weighted by molar-refractivity contribution is -0.152. The summed E-state index contributed by atoms with van der Waals surface area (Å²) >= 11 is 1.36. The van der Waals surface area contributed by atoms with Crippen LogP contribution in [0.4, 0.5) is 5.69 Å². The number of rotatable bonds is 9. The molecule has 3 aromatic rings. The first-order valence-electron chi connectivity index (χ1n) is 14.0. The molecule has 1 fully saturated rings. The first-order valence-corrected chi connectivity index (χ1v) is 14.9. The molecule has 210 valence electrons. The van der Waals surface area contributed by atoms with Crippen molar-refractivity contribution in [2.75, 3.05) is 5.32 Å². The van der Waals surface area contributed by atoms with Crippen LogP contribution in [0.2, 0.25) is 0 Å². The number of aliphatic imine (C=N–C) groups is 1. The molecule has 1 aromatic heterocycles. The van der Waals surface area contributed by atoms with Crippen LogP contribution in [0, 0.1) is 11.8 Å². The summed E-state index contributed by atoms with van der Waals surface area (Å²) in [6.45, 7) is 5.88. The Morgan fingerprint density at radius 3 is 2.50 bits per heavy atom. The average molecular weight is 559 g/mol. The number of carbonyl (C=O) groups excluding carboxylic acids is 2. The second-order valence-electron chi connectivity index (χ2n) is 10.4. The number of anilines is 1. The Balaban J connectivity index is 1.53. The van der Waals surface area contributed by atoms with Crippen molar-refractivity contribution in [1.82, 2.24) is 10.3 Å². The molecule has 2 atom stereocenters. The fourth-order valence-electron chi connectivity index (χ4n) is 4.57. The molecule has 2 N–H and O–H groups in total. The number of nitrogens with zero attached hydrogens (tertiary/aromatic N) is 2. The Morgan fingerprint density at radius 1 is 1.00 bits per heavy atom. The maximum Gasteiger partial charge on any atom is 0.310 e. The number of para-hydroxylation sites is 1. The fraction of sp³-hybridized carbons (Fsp3) is 0.375. The van der Waals surface area contributed by atoms with Gasteiger partial charge in [-0.15, -0.1) is 0 Å². The molecule has 1 aliphatic carbocycles. The predicted molar refractivity (Wildman–Crippen MR) is 165 cm³/mol. The van der Waals surface area contributed by atoms with Gasteiger partial charge in [0.1, 0.15) is 6.17 Å². The van der Waals surface area contributed by atoms with Gasteiger partial charge in [0.15, 0.2) is 10.6 Å². The summed E-state index contributed by atoms with van der Waals surface area (Å²) in [7, 11) is 0. The van der Waals surface area contributed by atoms with E-state index in [4.69, 9.17) is 9.73 Å². The topological polar surface area (TPSA) is 92.7 Å². The summed E-state index contributed by atoms with van der Waals surface area (Å²) in [5.41, 5.74) is 2.09. The molecule has 4 rings (SSSR count). The quantitative estimate of drug-likeness (QED) is 0.0964. The molecule has 0 aliphatic heterocycles. The summed E-state index contributed by atoms with van der Waals surface area (Å²) in [5.74, 6) is -0.375. The van der Waals surface area contributed by atoms with Gasteiger partial charge in [-0.25, -0.2) is 4.99 Å². The monoisotopic (exact) mass is 558 g/mol. The Bertz CT molecular complexity index is 1330. The smallest absolute Gasteiger partial charge is 0.310 e. The first kappa shape index (κ1) is 29.3. The van der Waals surface area contributed by atoms with E-state index in [1.165, 1.54) is 24.3 Å². The molecule has 1 aliphatic rings. The van der Waals surface area contributed by atoms with Gasteiger partial charge < -0.3 is 15.4 Å². The summed E-state index contributed by atoms with van der Waals surface area (Å²) in [6, 6.07) is 19.4. The van der Waals surface area contributed by atoms with Crippen LogP contribution in [0.15, 0.2) is 77.9 Å². The van der Waals surface area contributed by atoms with Crippen LogP contribution in [0.3, 0.4) is 0 Å². The van der Waals surface area contributed by atoms with E-state index >= 15 is 0 Å². The van der Waals surface area contributed by atoms with Crippen molar-refractivity contribution in [2.45, 2.75) is 64.5 Å². The van der Waals surface area contributed by atoms with Crippen LogP contribution >= 0.6 is 11.8 Å². The van der Waals surface area contributed by atoms with Crippen LogP contribution in [0.25, 0.3) is 17.0 Å². The minimum Gasteiger partial charge on any atom is -0.450 e. The highest BCUT2D eigenvalue weighted by Gasteiger charge is 2.28. The normalized spacial score (nSPS) is 16.1. The number of pyridine rings is 1. The molecule has 1 heterocycles. The van der Waals surface area contributed by atoms with Gasteiger partial charge in [-0.3, -0.25) is 14.6 Å². The summed E-state index contributed by atoms with van der Waals surface area (Å²) in [5, 5.41) is 7.85. The van der Waals surface area contributed by atoms with Crippen LogP contribution < -0.4 is 10.6 Å². The molecule has 0 bridgehead atoms. The Hall–Kier alpha value is -3.65. The lowest BCUT2D eigenvalue weighted by Gasteiger charge is -2.26. The number of ether oxygens (including phenoxy) is 1. The Morgan fingerprint density at radius 2 is 1.75 bits per heavy atom. The van der Waals surface area contributed by atoms with Crippen LogP contribution in [-0.2, 0) is 14.3 Å². The van der Waals surface area contributed by atoms with E-state index in [9.17, 15) is 9.59 Å². The van der Waals surface area contributed by atoms with Crippen molar-refractivity contribution in [3.63, 3.8) is 0 Å². The second kappa shape index (κ2) is 14.7. The molecule has 8 heteroatoms. The van der Waals surface area contributed by atoms with Crippen molar-refractivity contribution in [3.8, 4) is 0 Å². The van der Waals surface area contributed by atoms with Gasteiger partial charge in [0, 0.05) is 23.6 Å².